The SMILES string of the molecule is CC(C)(C)c1[nH]ncc1-c1csc(N)n1. The minimum Gasteiger partial charge on any atom is -0.375 e. The maximum absolute atomic E-state index is 5.62. The van der Waals surface area contributed by atoms with Crippen LogP contribution in [0.1, 0.15) is 26.5 Å². The molecule has 0 bridgehead atoms. The fraction of sp³-hybridized carbons (Fsp3) is 0.400. The Morgan fingerprint density at radius 1 is 1.40 bits per heavy atom. The van der Waals surface area contributed by atoms with Gasteiger partial charge >= 0.3 is 0 Å². The van der Waals surface area contributed by atoms with E-state index in [4.69, 9.17) is 5.73 Å². The Morgan fingerprint density at radius 2 is 2.13 bits per heavy atom. The van der Waals surface area contributed by atoms with Crippen LogP contribution in [-0.4, -0.2) is 15.2 Å². The number of H-pyrrole nitrogens is 1. The highest BCUT2D eigenvalue weighted by Gasteiger charge is 2.21. The van der Waals surface area contributed by atoms with E-state index in [0.29, 0.717) is 5.13 Å². The standard InChI is InChI=1S/C10H14N4S/c1-10(2,3)8-6(4-12-14-8)7-5-15-9(11)13-7/h4-5H,1-3H3,(H2,11,13)(H,12,14). The number of rotatable bonds is 1. The van der Waals surface area contributed by atoms with Crippen molar-refractivity contribution in [2.45, 2.75) is 26.2 Å². The summed E-state index contributed by atoms with van der Waals surface area (Å²) in [5.41, 5.74) is 8.68. The monoisotopic (exact) mass is 222 g/mol. The summed E-state index contributed by atoms with van der Waals surface area (Å²) in [6, 6.07) is 0. The molecular weight excluding hydrogens is 208 g/mol. The molecule has 2 aromatic heterocycles. The van der Waals surface area contributed by atoms with Crippen LogP contribution < -0.4 is 5.73 Å². The molecule has 0 aromatic carbocycles. The molecule has 15 heavy (non-hydrogen) atoms. The molecule has 2 heterocycles. The largest absolute Gasteiger partial charge is 0.375 e. The highest BCUT2D eigenvalue weighted by Crippen LogP contribution is 2.31. The molecule has 0 unspecified atom stereocenters. The first-order chi connectivity index (χ1) is 6.98. The molecule has 0 amide bonds. The van der Waals surface area contributed by atoms with Crippen molar-refractivity contribution in [2.75, 3.05) is 5.73 Å². The van der Waals surface area contributed by atoms with Gasteiger partial charge in [-0.25, -0.2) is 4.98 Å². The summed E-state index contributed by atoms with van der Waals surface area (Å²) in [6.07, 6.45) is 1.80. The zero-order valence-electron chi connectivity index (χ0n) is 9.03. The number of hydrogen-bond acceptors (Lipinski definition) is 4. The van der Waals surface area contributed by atoms with E-state index in [1.807, 2.05) is 5.38 Å². The summed E-state index contributed by atoms with van der Waals surface area (Å²) in [4.78, 5) is 4.26. The van der Waals surface area contributed by atoms with Crippen molar-refractivity contribution in [3.8, 4) is 11.3 Å². The van der Waals surface area contributed by atoms with Crippen LogP contribution in [0.5, 0.6) is 0 Å². The third-order valence-corrected chi connectivity index (χ3v) is 2.86. The van der Waals surface area contributed by atoms with Gasteiger partial charge in [-0.15, -0.1) is 11.3 Å². The lowest BCUT2D eigenvalue weighted by molar-refractivity contribution is 0.568. The molecular formula is C10H14N4S. The molecule has 4 nitrogen and oxygen atoms in total. The van der Waals surface area contributed by atoms with E-state index >= 15 is 0 Å². The fourth-order valence-electron chi connectivity index (χ4n) is 1.46. The van der Waals surface area contributed by atoms with Gasteiger partial charge in [-0.05, 0) is 0 Å². The van der Waals surface area contributed by atoms with Gasteiger partial charge in [-0.3, -0.25) is 5.10 Å². The zero-order chi connectivity index (χ0) is 11.1. The van der Waals surface area contributed by atoms with Crippen LogP contribution in [-0.2, 0) is 5.41 Å². The van der Waals surface area contributed by atoms with Crippen LogP contribution in [0.25, 0.3) is 11.3 Å². The maximum Gasteiger partial charge on any atom is 0.180 e. The average molecular weight is 222 g/mol. The molecule has 80 valence electrons. The summed E-state index contributed by atoms with van der Waals surface area (Å²) in [5, 5.41) is 9.64. The smallest absolute Gasteiger partial charge is 0.180 e. The van der Waals surface area contributed by atoms with Crippen molar-refractivity contribution in [3.63, 3.8) is 0 Å². The first-order valence-electron chi connectivity index (χ1n) is 4.73. The molecule has 2 aromatic rings. The highest BCUT2D eigenvalue weighted by atomic mass is 32.1. The second kappa shape index (κ2) is 3.34. The number of nitrogens with zero attached hydrogens (tertiary/aromatic N) is 2. The number of thiazole rings is 1. The van der Waals surface area contributed by atoms with Crippen LogP contribution >= 0.6 is 11.3 Å². The van der Waals surface area contributed by atoms with Crippen LogP contribution in [0.3, 0.4) is 0 Å². The van der Waals surface area contributed by atoms with Gasteiger partial charge in [0.25, 0.3) is 0 Å². The Bertz CT molecular complexity index is 464. The first kappa shape index (κ1) is 10.2. The van der Waals surface area contributed by atoms with Gasteiger partial charge in [0.05, 0.1) is 11.9 Å². The Morgan fingerprint density at radius 3 is 2.67 bits per heavy atom. The molecule has 0 saturated carbocycles. The maximum atomic E-state index is 5.62. The number of hydrogen-bond donors (Lipinski definition) is 2. The number of aromatic nitrogens is 3. The number of anilines is 1. The number of nitrogens with two attached hydrogens (primary N) is 1. The summed E-state index contributed by atoms with van der Waals surface area (Å²) < 4.78 is 0. The summed E-state index contributed by atoms with van der Waals surface area (Å²) >= 11 is 1.45. The van der Waals surface area contributed by atoms with Gasteiger partial charge in [0.15, 0.2) is 5.13 Å². The normalized spacial score (nSPS) is 11.9. The minimum absolute atomic E-state index is 0.0320. The topological polar surface area (TPSA) is 67.6 Å². The van der Waals surface area contributed by atoms with Gasteiger partial charge in [-0.1, -0.05) is 20.8 Å². The van der Waals surface area contributed by atoms with Gasteiger partial charge in [0.1, 0.15) is 0 Å². The molecule has 0 atom stereocenters. The van der Waals surface area contributed by atoms with E-state index < -0.39 is 0 Å². The van der Waals surface area contributed by atoms with Crippen molar-refractivity contribution in [1.82, 2.24) is 15.2 Å². The Labute approximate surface area is 92.5 Å². The molecule has 0 aliphatic carbocycles. The van der Waals surface area contributed by atoms with E-state index in [0.717, 1.165) is 17.0 Å². The van der Waals surface area contributed by atoms with Crippen LogP contribution in [0, 0.1) is 0 Å². The number of aromatic amines is 1. The van der Waals surface area contributed by atoms with E-state index in [1.54, 1.807) is 6.20 Å². The molecule has 0 fully saturated rings. The molecule has 3 N–H and O–H groups in total. The van der Waals surface area contributed by atoms with Gasteiger partial charge in [0, 0.05) is 22.1 Å². The van der Waals surface area contributed by atoms with Gasteiger partial charge in [0.2, 0.25) is 0 Å². The number of nitrogen functional groups attached to an aromatic ring is 1. The van der Waals surface area contributed by atoms with Gasteiger partial charge in [-0.2, -0.15) is 5.10 Å². The van der Waals surface area contributed by atoms with Crippen LogP contribution in [0.15, 0.2) is 11.6 Å². The van der Waals surface area contributed by atoms with E-state index in [9.17, 15) is 0 Å². The lowest BCUT2D eigenvalue weighted by Crippen LogP contribution is -2.13. The quantitative estimate of drug-likeness (QED) is 0.778. The number of nitrogens with one attached hydrogen (secondary N) is 1. The van der Waals surface area contributed by atoms with Crippen LogP contribution in [0.2, 0.25) is 0 Å². The van der Waals surface area contributed by atoms with E-state index in [1.165, 1.54) is 11.3 Å². The van der Waals surface area contributed by atoms with Crippen molar-refractivity contribution in [3.05, 3.63) is 17.3 Å². The third-order valence-electron chi connectivity index (χ3n) is 2.19. The van der Waals surface area contributed by atoms with Gasteiger partial charge < -0.3 is 5.73 Å². The molecule has 5 heteroatoms. The molecule has 2 rings (SSSR count). The second-order valence-electron chi connectivity index (χ2n) is 4.48. The fourth-order valence-corrected chi connectivity index (χ4v) is 2.03. The summed E-state index contributed by atoms with van der Waals surface area (Å²) in [5.74, 6) is 0. The molecule has 0 aliphatic heterocycles. The Kier molecular flexibility index (Phi) is 2.26. The summed E-state index contributed by atoms with van der Waals surface area (Å²) in [6.45, 7) is 6.42. The predicted molar refractivity (Wildman–Crippen MR) is 62.8 cm³/mol. The lowest BCUT2D eigenvalue weighted by atomic mass is 9.89. The van der Waals surface area contributed by atoms with Crippen molar-refractivity contribution in [2.24, 2.45) is 0 Å². The van der Waals surface area contributed by atoms with Crippen molar-refractivity contribution in [1.29, 1.82) is 0 Å². The predicted octanol–water partition coefficient (Wildman–Crippen LogP) is 2.41. The second-order valence-corrected chi connectivity index (χ2v) is 5.37. The molecule has 0 spiro atoms. The zero-order valence-corrected chi connectivity index (χ0v) is 9.85. The van der Waals surface area contributed by atoms with E-state index in [2.05, 4.69) is 36.0 Å². The van der Waals surface area contributed by atoms with E-state index in [-0.39, 0.29) is 5.41 Å². The third kappa shape index (κ3) is 1.87. The van der Waals surface area contributed by atoms with Crippen molar-refractivity contribution >= 4 is 16.5 Å². The Hall–Kier alpha value is -1.36. The highest BCUT2D eigenvalue weighted by molar-refractivity contribution is 7.13. The average Bonchev–Trinajstić information content (AvgIpc) is 2.68. The van der Waals surface area contributed by atoms with Crippen molar-refractivity contribution < 1.29 is 0 Å². The Balaban J connectivity index is 2.50. The molecule has 0 radical (unpaired) electrons. The molecule has 0 saturated heterocycles. The van der Waals surface area contributed by atoms with Crippen LogP contribution in [0.4, 0.5) is 5.13 Å². The molecule has 0 aliphatic rings. The lowest BCUT2D eigenvalue weighted by Gasteiger charge is -2.17. The summed E-state index contributed by atoms with van der Waals surface area (Å²) in [7, 11) is 0. The minimum atomic E-state index is 0.0320. The first-order valence-corrected chi connectivity index (χ1v) is 5.61.